The van der Waals surface area contributed by atoms with Gasteiger partial charge in [0.25, 0.3) is 0 Å². The first-order valence-corrected chi connectivity index (χ1v) is 9.08. The number of hydrogen-bond donors (Lipinski definition) is 1. The van der Waals surface area contributed by atoms with E-state index in [4.69, 9.17) is 21.1 Å². The fraction of sp³-hybridized carbons (Fsp3) is 0.300. The number of methoxy groups -OCH3 is 1. The molecule has 142 valence electrons. The molecule has 3 rings (SSSR count). The van der Waals surface area contributed by atoms with Crippen molar-refractivity contribution >= 4 is 29.1 Å². The highest BCUT2D eigenvalue weighted by Gasteiger charge is 2.37. The summed E-state index contributed by atoms with van der Waals surface area (Å²) in [6.45, 7) is 1.10. The van der Waals surface area contributed by atoms with Crippen LogP contribution in [-0.2, 0) is 9.59 Å². The smallest absolute Gasteiger partial charge is 0.239 e. The van der Waals surface area contributed by atoms with E-state index in [1.165, 1.54) is 0 Å². The molecule has 1 heterocycles. The van der Waals surface area contributed by atoms with Crippen LogP contribution in [-0.4, -0.2) is 38.6 Å². The van der Waals surface area contributed by atoms with E-state index in [0.29, 0.717) is 36.0 Å². The second kappa shape index (κ2) is 8.77. The lowest BCUT2D eigenvalue weighted by molar-refractivity contribution is -0.132. The largest absolute Gasteiger partial charge is 0.493 e. The summed E-state index contributed by atoms with van der Waals surface area (Å²) in [4.78, 5) is 26.5. The Morgan fingerprint density at radius 3 is 2.59 bits per heavy atom. The van der Waals surface area contributed by atoms with Crippen LogP contribution in [0.1, 0.15) is 6.42 Å². The van der Waals surface area contributed by atoms with Crippen molar-refractivity contribution in [1.29, 1.82) is 0 Å². The normalized spacial score (nSPS) is 16.3. The maximum Gasteiger partial charge on any atom is 0.239 e. The van der Waals surface area contributed by atoms with Crippen molar-refractivity contribution in [2.45, 2.75) is 6.42 Å². The highest BCUT2D eigenvalue weighted by Crippen LogP contribution is 2.27. The predicted octanol–water partition coefficient (Wildman–Crippen LogP) is 2.90. The van der Waals surface area contributed by atoms with Crippen LogP contribution >= 0.6 is 11.6 Å². The highest BCUT2D eigenvalue weighted by atomic mass is 35.5. The van der Waals surface area contributed by atoms with Gasteiger partial charge >= 0.3 is 0 Å². The molecule has 1 N–H and O–H groups in total. The molecule has 0 bridgehead atoms. The Bertz CT molecular complexity index is 810. The second-order valence-corrected chi connectivity index (χ2v) is 6.53. The van der Waals surface area contributed by atoms with E-state index in [2.05, 4.69) is 5.32 Å². The first-order chi connectivity index (χ1) is 13.1. The topological polar surface area (TPSA) is 67.9 Å². The number of ether oxygens (including phenoxy) is 2. The molecule has 2 amide bonds. The predicted molar refractivity (Wildman–Crippen MR) is 103 cm³/mol. The number of benzene rings is 2. The Kier molecular flexibility index (Phi) is 6.19. The molecule has 0 aromatic heterocycles. The summed E-state index contributed by atoms with van der Waals surface area (Å²) in [6.07, 6.45) is 0.487. The molecule has 7 heteroatoms. The number of rotatable bonds is 7. The fourth-order valence-electron chi connectivity index (χ4n) is 3.00. The van der Waals surface area contributed by atoms with Gasteiger partial charge in [0.2, 0.25) is 11.8 Å². The molecule has 0 saturated carbocycles. The lowest BCUT2D eigenvalue weighted by Crippen LogP contribution is -2.38. The zero-order valence-electron chi connectivity index (χ0n) is 15.0. The molecule has 2 aromatic rings. The number of nitrogens with zero attached hydrogens (tertiary/aromatic N) is 1. The lowest BCUT2D eigenvalue weighted by atomic mass is 10.1. The van der Waals surface area contributed by atoms with Gasteiger partial charge in [0.1, 0.15) is 12.5 Å². The third kappa shape index (κ3) is 4.52. The number of anilines is 1. The van der Waals surface area contributed by atoms with Gasteiger partial charge in [-0.3, -0.25) is 9.59 Å². The zero-order valence-corrected chi connectivity index (χ0v) is 15.7. The molecular formula is C20H21ClN2O4. The summed E-state index contributed by atoms with van der Waals surface area (Å²) >= 11 is 5.88. The molecule has 1 atom stereocenters. The van der Waals surface area contributed by atoms with Crippen molar-refractivity contribution in [3.05, 3.63) is 53.6 Å². The van der Waals surface area contributed by atoms with E-state index in [9.17, 15) is 9.59 Å². The quantitative estimate of drug-likeness (QED) is 0.585. The van der Waals surface area contributed by atoms with E-state index >= 15 is 0 Å². The summed E-state index contributed by atoms with van der Waals surface area (Å²) in [7, 11) is 1.57. The molecule has 1 aliphatic rings. The molecule has 0 spiro atoms. The van der Waals surface area contributed by atoms with E-state index < -0.39 is 5.92 Å². The molecule has 0 radical (unpaired) electrons. The maximum absolute atomic E-state index is 12.6. The van der Waals surface area contributed by atoms with Crippen molar-refractivity contribution < 1.29 is 19.1 Å². The van der Waals surface area contributed by atoms with Gasteiger partial charge in [-0.05, 0) is 42.8 Å². The van der Waals surface area contributed by atoms with E-state index in [-0.39, 0.29) is 18.4 Å². The average Bonchev–Trinajstić information content (AvgIpc) is 3.07. The number of nitrogens with one attached hydrogen (secondary N) is 1. The number of carbonyl (C=O) groups is 2. The Labute approximate surface area is 163 Å². The van der Waals surface area contributed by atoms with Gasteiger partial charge in [-0.1, -0.05) is 23.7 Å². The summed E-state index contributed by atoms with van der Waals surface area (Å²) in [5.41, 5.74) is 0.749. The Hall–Kier alpha value is -2.73. The third-order valence-electron chi connectivity index (χ3n) is 4.39. The van der Waals surface area contributed by atoms with Gasteiger partial charge in [0.15, 0.2) is 11.5 Å². The Morgan fingerprint density at radius 1 is 1.19 bits per heavy atom. The number of para-hydroxylation sites is 2. The number of halogens is 1. The standard InChI is InChI=1S/C20H21ClN2O4/c1-26-17-4-2-3-5-18(17)27-13-11-22-19(24)16-10-12-23(20(16)25)15-8-6-14(21)7-9-15/h2-9,16H,10-13H2,1H3,(H,22,24). The number of amides is 2. The van der Waals surface area contributed by atoms with Crippen LogP contribution in [0, 0.1) is 5.92 Å². The summed E-state index contributed by atoms with van der Waals surface area (Å²) in [5, 5.41) is 3.38. The minimum absolute atomic E-state index is 0.194. The number of hydrogen-bond acceptors (Lipinski definition) is 4. The van der Waals surface area contributed by atoms with Gasteiger partial charge in [0.05, 0.1) is 13.7 Å². The van der Waals surface area contributed by atoms with E-state index in [1.54, 1.807) is 48.4 Å². The SMILES string of the molecule is COc1ccccc1OCCNC(=O)C1CCN(c2ccc(Cl)cc2)C1=O. The van der Waals surface area contributed by atoms with Crippen LogP contribution in [0.2, 0.25) is 5.02 Å². The van der Waals surface area contributed by atoms with Crippen molar-refractivity contribution in [3.8, 4) is 11.5 Å². The lowest BCUT2D eigenvalue weighted by Gasteiger charge is -2.17. The number of carbonyl (C=O) groups excluding carboxylic acids is 2. The van der Waals surface area contributed by atoms with E-state index in [0.717, 1.165) is 5.69 Å². The molecule has 27 heavy (non-hydrogen) atoms. The average molecular weight is 389 g/mol. The summed E-state index contributed by atoms with van der Waals surface area (Å²) < 4.78 is 10.8. The minimum Gasteiger partial charge on any atom is -0.493 e. The van der Waals surface area contributed by atoms with Gasteiger partial charge in [0, 0.05) is 17.3 Å². The third-order valence-corrected chi connectivity index (χ3v) is 4.64. The summed E-state index contributed by atoms with van der Waals surface area (Å²) in [6, 6.07) is 14.3. The van der Waals surface area contributed by atoms with Gasteiger partial charge in [-0.25, -0.2) is 0 Å². The monoisotopic (exact) mass is 388 g/mol. The molecule has 1 unspecified atom stereocenters. The van der Waals surface area contributed by atoms with Crippen LogP contribution in [0.4, 0.5) is 5.69 Å². The molecule has 2 aromatic carbocycles. The molecule has 0 aliphatic carbocycles. The minimum atomic E-state index is -0.674. The maximum atomic E-state index is 12.6. The van der Waals surface area contributed by atoms with Crippen molar-refractivity contribution in [3.63, 3.8) is 0 Å². The van der Waals surface area contributed by atoms with Crippen LogP contribution < -0.4 is 19.7 Å². The Balaban J connectivity index is 1.48. The molecule has 1 aliphatic heterocycles. The highest BCUT2D eigenvalue weighted by molar-refractivity contribution is 6.30. The first kappa shape index (κ1) is 19.0. The van der Waals surface area contributed by atoms with Gasteiger partial charge in [-0.15, -0.1) is 0 Å². The van der Waals surface area contributed by atoms with Crippen LogP contribution in [0.15, 0.2) is 48.5 Å². The van der Waals surface area contributed by atoms with Crippen molar-refractivity contribution in [2.24, 2.45) is 5.92 Å². The van der Waals surface area contributed by atoms with Crippen LogP contribution in [0.3, 0.4) is 0 Å². The van der Waals surface area contributed by atoms with Crippen LogP contribution in [0.25, 0.3) is 0 Å². The van der Waals surface area contributed by atoms with Crippen molar-refractivity contribution in [2.75, 3.05) is 31.7 Å². The van der Waals surface area contributed by atoms with Gasteiger partial charge < -0.3 is 19.7 Å². The van der Waals surface area contributed by atoms with Crippen LogP contribution in [0.5, 0.6) is 11.5 Å². The summed E-state index contributed by atoms with van der Waals surface area (Å²) in [5.74, 6) is 0.0982. The van der Waals surface area contributed by atoms with E-state index in [1.807, 2.05) is 12.1 Å². The second-order valence-electron chi connectivity index (χ2n) is 6.10. The Morgan fingerprint density at radius 2 is 1.89 bits per heavy atom. The van der Waals surface area contributed by atoms with Gasteiger partial charge in [-0.2, -0.15) is 0 Å². The van der Waals surface area contributed by atoms with Crippen molar-refractivity contribution in [1.82, 2.24) is 5.32 Å². The first-order valence-electron chi connectivity index (χ1n) is 8.70. The molecular weight excluding hydrogens is 368 g/mol. The fourth-order valence-corrected chi connectivity index (χ4v) is 3.12. The zero-order chi connectivity index (χ0) is 19.2. The molecule has 1 fully saturated rings. The molecule has 1 saturated heterocycles. The molecule has 6 nitrogen and oxygen atoms in total.